The monoisotopic (exact) mass is 476 g/mol. The predicted molar refractivity (Wildman–Crippen MR) is 135 cm³/mol. The first-order valence-electron chi connectivity index (χ1n) is 11.6. The van der Waals surface area contributed by atoms with Gasteiger partial charge in [-0.15, -0.1) is 0 Å². The van der Waals surface area contributed by atoms with Crippen molar-refractivity contribution in [3.8, 4) is 17.6 Å². The number of carboxylic acids is 1. The quantitative estimate of drug-likeness (QED) is 0.469. The fourth-order valence-corrected chi connectivity index (χ4v) is 4.83. The number of hydrogen-bond donors (Lipinski definition) is 1. The summed E-state index contributed by atoms with van der Waals surface area (Å²) < 4.78 is 5.37. The predicted octanol–water partition coefficient (Wildman–Crippen LogP) is 5.29. The summed E-state index contributed by atoms with van der Waals surface area (Å²) in [4.78, 5) is 18.6. The number of halogens is 1. The fraction of sp³-hybridized carbons (Fsp3) is 0.357. The number of aliphatic carboxylic acids is 1. The summed E-state index contributed by atoms with van der Waals surface area (Å²) in [5.41, 5.74) is 3.09. The highest BCUT2D eigenvalue weighted by molar-refractivity contribution is 6.30. The van der Waals surface area contributed by atoms with Gasteiger partial charge in [0.05, 0.1) is 25.1 Å². The molecule has 34 heavy (non-hydrogen) atoms. The molecule has 0 bridgehead atoms. The van der Waals surface area contributed by atoms with Crippen molar-refractivity contribution in [3.05, 3.63) is 70.9 Å². The molecular formula is C28H29ClN2O3. The van der Waals surface area contributed by atoms with E-state index >= 15 is 0 Å². The molecule has 0 radical (unpaired) electrons. The number of aryl methyl sites for hydroxylation is 1. The van der Waals surface area contributed by atoms with Crippen molar-refractivity contribution in [3.63, 3.8) is 0 Å². The number of ether oxygens (including phenoxy) is 1. The Balaban J connectivity index is 1.33. The van der Waals surface area contributed by atoms with Crippen LogP contribution < -0.4 is 4.74 Å². The van der Waals surface area contributed by atoms with Gasteiger partial charge in [0, 0.05) is 28.7 Å². The molecule has 0 amide bonds. The van der Waals surface area contributed by atoms with E-state index in [1.54, 1.807) is 7.11 Å². The number of carboxylic acid groups (broad SMARTS) is 1. The van der Waals surface area contributed by atoms with Gasteiger partial charge in [-0.05, 0) is 92.2 Å². The Morgan fingerprint density at radius 1 is 1.24 bits per heavy atom. The lowest BCUT2D eigenvalue weighted by Gasteiger charge is -2.35. The van der Waals surface area contributed by atoms with E-state index < -0.39 is 5.97 Å². The maximum absolute atomic E-state index is 12.0. The molecule has 1 aromatic heterocycles. The Kier molecular flexibility index (Phi) is 8.05. The number of methoxy groups -OCH3 is 1. The molecule has 1 aliphatic rings. The molecule has 1 N–H and O–H groups in total. The molecule has 0 saturated carbocycles. The number of likely N-dealkylation sites (tertiary alicyclic amines) is 1. The Bertz CT molecular complexity index is 1200. The van der Waals surface area contributed by atoms with Crippen molar-refractivity contribution in [2.45, 2.75) is 25.7 Å². The maximum atomic E-state index is 12.0. The molecule has 0 aliphatic carbocycles. The highest BCUT2D eigenvalue weighted by Gasteiger charge is 2.33. The van der Waals surface area contributed by atoms with E-state index in [0.29, 0.717) is 18.1 Å². The van der Waals surface area contributed by atoms with Crippen molar-refractivity contribution in [1.82, 2.24) is 9.88 Å². The minimum atomic E-state index is -0.709. The van der Waals surface area contributed by atoms with Crippen LogP contribution in [0.4, 0.5) is 0 Å². The molecule has 176 valence electrons. The molecule has 3 aromatic rings. The summed E-state index contributed by atoms with van der Waals surface area (Å²) in [6.45, 7) is 1.99. The number of hydrogen-bond acceptors (Lipinski definition) is 4. The highest BCUT2D eigenvalue weighted by atomic mass is 35.5. The summed E-state index contributed by atoms with van der Waals surface area (Å²) in [5, 5.41) is 11.7. The minimum absolute atomic E-state index is 0.181. The molecule has 2 aromatic carbocycles. The van der Waals surface area contributed by atoms with E-state index in [9.17, 15) is 9.90 Å². The largest absolute Gasteiger partial charge is 0.497 e. The van der Waals surface area contributed by atoms with Gasteiger partial charge in [-0.3, -0.25) is 14.7 Å². The van der Waals surface area contributed by atoms with Crippen molar-refractivity contribution in [2.24, 2.45) is 11.8 Å². The highest BCUT2D eigenvalue weighted by Crippen LogP contribution is 2.30. The first kappa shape index (κ1) is 24.1. The van der Waals surface area contributed by atoms with Gasteiger partial charge in [-0.25, -0.2) is 0 Å². The lowest BCUT2D eigenvalue weighted by molar-refractivity contribution is -0.146. The van der Waals surface area contributed by atoms with Crippen LogP contribution in [0.5, 0.6) is 5.75 Å². The number of pyridine rings is 1. The van der Waals surface area contributed by atoms with Crippen molar-refractivity contribution >= 4 is 28.5 Å². The smallest absolute Gasteiger partial charge is 0.308 e. The number of nitrogens with zero attached hydrogens (tertiary/aromatic N) is 2. The molecule has 1 saturated heterocycles. The van der Waals surface area contributed by atoms with Gasteiger partial charge >= 0.3 is 5.97 Å². The van der Waals surface area contributed by atoms with Crippen molar-refractivity contribution < 1.29 is 14.6 Å². The van der Waals surface area contributed by atoms with Crippen LogP contribution in [0.1, 0.15) is 30.4 Å². The number of rotatable bonds is 7. The second-order valence-corrected chi connectivity index (χ2v) is 9.22. The normalized spacial score (nSPS) is 18.3. The molecule has 2 atom stereocenters. The summed E-state index contributed by atoms with van der Waals surface area (Å²) in [6, 6.07) is 15.4. The molecule has 1 aliphatic heterocycles. The molecule has 2 heterocycles. The maximum Gasteiger partial charge on any atom is 0.308 e. The average Bonchev–Trinajstić information content (AvgIpc) is 2.85. The fourth-order valence-electron chi connectivity index (χ4n) is 4.71. The van der Waals surface area contributed by atoms with Crippen LogP contribution in [0.15, 0.2) is 54.7 Å². The zero-order valence-corrected chi connectivity index (χ0v) is 20.1. The standard InChI is InChI=1S/C28H29ClN2O3/c1-34-24-11-12-27-25(18-24)21(13-15-30-27)5-2-6-22-14-17-31(19-26(22)28(32)33)16-3-4-20-7-9-23(29)10-8-20/h7-13,15,18,22,26H,2,5-6,14,16-17,19H2,1H3,(H,32,33)/t22-,26+/m1/s1. The van der Waals surface area contributed by atoms with Gasteiger partial charge in [0.2, 0.25) is 0 Å². The van der Waals surface area contributed by atoms with Gasteiger partial charge < -0.3 is 9.84 Å². The van der Waals surface area contributed by atoms with Crippen LogP contribution in [0.2, 0.25) is 5.02 Å². The lowest BCUT2D eigenvalue weighted by Crippen LogP contribution is -2.44. The summed E-state index contributed by atoms with van der Waals surface area (Å²) in [7, 11) is 1.67. The number of benzene rings is 2. The Morgan fingerprint density at radius 3 is 2.82 bits per heavy atom. The van der Waals surface area contributed by atoms with E-state index in [1.807, 2.05) is 48.7 Å². The SMILES string of the molecule is COc1ccc2nccc(CCC[C@@H]3CCN(CC#Cc4ccc(Cl)cc4)C[C@@H]3C(=O)O)c2c1. The van der Waals surface area contributed by atoms with E-state index in [1.165, 1.54) is 5.56 Å². The van der Waals surface area contributed by atoms with Crippen LogP contribution in [0, 0.1) is 23.7 Å². The van der Waals surface area contributed by atoms with Crippen molar-refractivity contribution in [2.75, 3.05) is 26.7 Å². The van der Waals surface area contributed by atoms with Crippen LogP contribution in [0.25, 0.3) is 10.9 Å². The van der Waals surface area contributed by atoms with E-state index in [2.05, 4.69) is 27.8 Å². The number of piperidine rings is 1. The topological polar surface area (TPSA) is 62.7 Å². The van der Waals surface area contributed by atoms with Gasteiger partial charge in [-0.1, -0.05) is 23.4 Å². The van der Waals surface area contributed by atoms with E-state index in [-0.39, 0.29) is 11.8 Å². The number of aromatic nitrogens is 1. The van der Waals surface area contributed by atoms with Crippen LogP contribution in [-0.2, 0) is 11.2 Å². The molecule has 4 rings (SSSR count). The zero-order valence-electron chi connectivity index (χ0n) is 19.3. The zero-order chi connectivity index (χ0) is 23.9. The Labute approximate surface area is 205 Å². The summed E-state index contributed by atoms with van der Waals surface area (Å²) >= 11 is 5.92. The van der Waals surface area contributed by atoms with Crippen LogP contribution >= 0.6 is 11.6 Å². The van der Waals surface area contributed by atoms with Gasteiger partial charge in [0.25, 0.3) is 0 Å². The molecule has 5 nitrogen and oxygen atoms in total. The molecule has 6 heteroatoms. The molecule has 1 fully saturated rings. The molecule has 0 spiro atoms. The molecular weight excluding hydrogens is 448 g/mol. The van der Waals surface area contributed by atoms with Gasteiger partial charge in [0.1, 0.15) is 5.75 Å². The van der Waals surface area contributed by atoms with Crippen LogP contribution in [-0.4, -0.2) is 47.7 Å². The molecule has 0 unspecified atom stereocenters. The van der Waals surface area contributed by atoms with E-state index in [4.69, 9.17) is 16.3 Å². The lowest BCUT2D eigenvalue weighted by atomic mass is 9.81. The third-order valence-electron chi connectivity index (χ3n) is 6.60. The number of fused-ring (bicyclic) bond motifs is 1. The number of carbonyl (C=O) groups is 1. The summed E-state index contributed by atoms with van der Waals surface area (Å²) in [6.07, 6.45) is 5.46. The minimum Gasteiger partial charge on any atom is -0.497 e. The average molecular weight is 477 g/mol. The van der Waals surface area contributed by atoms with Crippen LogP contribution in [0.3, 0.4) is 0 Å². The van der Waals surface area contributed by atoms with Crippen molar-refractivity contribution in [1.29, 1.82) is 0 Å². The summed E-state index contributed by atoms with van der Waals surface area (Å²) in [5.74, 6) is 6.25. The Morgan fingerprint density at radius 2 is 2.06 bits per heavy atom. The second kappa shape index (κ2) is 11.4. The third-order valence-corrected chi connectivity index (χ3v) is 6.85. The second-order valence-electron chi connectivity index (χ2n) is 8.78. The first-order chi connectivity index (χ1) is 16.5. The van der Waals surface area contributed by atoms with E-state index in [0.717, 1.165) is 54.4 Å². The third kappa shape index (κ3) is 6.08. The van der Waals surface area contributed by atoms with Gasteiger partial charge in [0.15, 0.2) is 0 Å². The first-order valence-corrected chi connectivity index (χ1v) is 12.0. The Hall–Kier alpha value is -3.07. The van der Waals surface area contributed by atoms with Gasteiger partial charge in [-0.2, -0.15) is 0 Å².